The molecule has 2 N–H and O–H groups in total. The summed E-state index contributed by atoms with van der Waals surface area (Å²) >= 11 is 2.12. The van der Waals surface area contributed by atoms with Crippen LogP contribution in [0.5, 0.6) is 0 Å². The zero-order valence-electron chi connectivity index (χ0n) is 16.2. The van der Waals surface area contributed by atoms with Crippen molar-refractivity contribution in [2.45, 2.75) is 29.6 Å². The van der Waals surface area contributed by atoms with Crippen LogP contribution in [0.25, 0.3) is 0 Å². The maximum atomic E-state index is 13.1. The van der Waals surface area contributed by atoms with E-state index in [1.54, 1.807) is 0 Å². The molecule has 0 saturated heterocycles. The number of anilines is 2. The summed E-state index contributed by atoms with van der Waals surface area (Å²) in [7, 11) is 0. The van der Waals surface area contributed by atoms with Gasteiger partial charge in [-0.25, -0.2) is 0 Å². The minimum atomic E-state index is -4.35. The molecule has 1 atom stereocenters. The highest BCUT2D eigenvalue weighted by Gasteiger charge is 2.28. The van der Waals surface area contributed by atoms with Gasteiger partial charge in [-0.3, -0.25) is 4.79 Å². The lowest BCUT2D eigenvalue weighted by atomic mass is 10.1. The van der Waals surface area contributed by atoms with Crippen molar-refractivity contribution in [1.82, 2.24) is 10.2 Å². The van der Waals surface area contributed by atoms with Crippen molar-refractivity contribution in [3.05, 3.63) is 65.2 Å². The Bertz CT molecular complexity index is 1010. The van der Waals surface area contributed by atoms with Crippen molar-refractivity contribution in [3.63, 3.8) is 0 Å². The first-order valence-corrected chi connectivity index (χ1v) is 10.6. The van der Waals surface area contributed by atoms with E-state index >= 15 is 0 Å². The molecule has 0 bridgehead atoms. The van der Waals surface area contributed by atoms with Crippen LogP contribution < -0.4 is 10.6 Å². The normalized spacial score (nSPS) is 12.4. The van der Waals surface area contributed by atoms with Gasteiger partial charge in [0.15, 0.2) is 4.34 Å². The van der Waals surface area contributed by atoms with Crippen molar-refractivity contribution in [2.24, 2.45) is 0 Å². The van der Waals surface area contributed by atoms with E-state index in [0.717, 1.165) is 39.8 Å². The zero-order valence-corrected chi connectivity index (χ0v) is 17.8. The number of thioether (sulfide) groups is 1. The monoisotopic (exact) mass is 452 g/mol. The lowest BCUT2D eigenvalue weighted by Gasteiger charge is -2.17. The van der Waals surface area contributed by atoms with Gasteiger partial charge in [0.1, 0.15) is 11.8 Å². The molecular weight excluding hydrogens is 433 g/mol. The summed E-state index contributed by atoms with van der Waals surface area (Å²) in [6.07, 6.45) is -4.35. The first kappa shape index (κ1) is 22.1. The Kier molecular flexibility index (Phi) is 6.99. The molecule has 0 saturated carbocycles. The van der Waals surface area contributed by atoms with Crippen LogP contribution in [0.15, 0.2) is 52.9 Å². The fraction of sp³-hybridized carbons (Fsp3) is 0.250. The molecule has 3 aromatic rings. The number of alkyl halides is 3. The van der Waals surface area contributed by atoms with E-state index in [-0.39, 0.29) is 11.0 Å². The van der Waals surface area contributed by atoms with Crippen LogP contribution in [0, 0.1) is 13.8 Å². The van der Waals surface area contributed by atoms with Gasteiger partial charge in [0.05, 0.1) is 0 Å². The number of carbonyl (C=O) groups is 1. The summed E-state index contributed by atoms with van der Waals surface area (Å²) in [5.74, 6) is -0.250. The first-order chi connectivity index (χ1) is 14.2. The second-order valence-electron chi connectivity index (χ2n) is 6.56. The third-order valence-corrected chi connectivity index (χ3v) is 6.28. The number of benzene rings is 2. The predicted octanol–water partition coefficient (Wildman–Crippen LogP) is 5.60. The molecule has 1 amide bonds. The molecule has 0 fully saturated rings. The molecule has 1 unspecified atom stereocenters. The largest absolute Gasteiger partial charge is 0.405 e. The average Bonchev–Trinajstić information content (AvgIpc) is 3.15. The fourth-order valence-corrected chi connectivity index (χ4v) is 4.51. The second kappa shape index (κ2) is 9.48. The molecule has 10 heteroatoms. The number of rotatable bonds is 7. The minimum absolute atomic E-state index is 0.0524. The highest BCUT2D eigenvalue weighted by Crippen LogP contribution is 2.39. The molecule has 2 aromatic carbocycles. The highest BCUT2D eigenvalue weighted by atomic mass is 32.2. The maximum absolute atomic E-state index is 13.1. The zero-order chi connectivity index (χ0) is 21.7. The first-order valence-electron chi connectivity index (χ1n) is 8.95. The predicted molar refractivity (Wildman–Crippen MR) is 114 cm³/mol. The van der Waals surface area contributed by atoms with E-state index < -0.39 is 18.0 Å². The van der Waals surface area contributed by atoms with Crippen LogP contribution in [0.1, 0.15) is 21.9 Å². The SMILES string of the molecule is Cc1ccc(C)c(NC(=O)C(Sc2nnc(NCC(F)(F)F)s2)c2ccccc2)c1. The maximum Gasteiger partial charge on any atom is 0.405 e. The number of nitrogens with one attached hydrogen (secondary N) is 2. The van der Waals surface area contributed by atoms with Crippen LogP contribution in [0.4, 0.5) is 24.0 Å². The Hall–Kier alpha value is -2.59. The number of halogens is 3. The van der Waals surface area contributed by atoms with E-state index in [1.807, 2.05) is 62.4 Å². The van der Waals surface area contributed by atoms with E-state index in [1.165, 1.54) is 0 Å². The third-order valence-electron chi connectivity index (χ3n) is 4.06. The molecular formula is C20H19F3N4OS2. The molecule has 0 aliphatic carbocycles. The summed E-state index contributed by atoms with van der Waals surface area (Å²) in [4.78, 5) is 13.1. The van der Waals surface area contributed by atoms with Crippen LogP contribution in [0.3, 0.4) is 0 Å². The number of hydrogen-bond acceptors (Lipinski definition) is 6. The van der Waals surface area contributed by atoms with Crippen LogP contribution in [-0.2, 0) is 4.79 Å². The molecule has 0 spiro atoms. The molecule has 5 nitrogen and oxygen atoms in total. The lowest BCUT2D eigenvalue weighted by Crippen LogP contribution is -2.21. The number of nitrogens with zero attached hydrogens (tertiary/aromatic N) is 2. The minimum Gasteiger partial charge on any atom is -0.351 e. The standard InChI is InChI=1S/C20H19F3N4OS2/c1-12-8-9-13(2)15(10-12)25-17(28)16(14-6-4-3-5-7-14)29-19-27-26-18(30-19)24-11-20(21,22)23/h3-10,16H,11H2,1-2H3,(H,24,26)(H,25,28). The molecule has 1 aromatic heterocycles. The Morgan fingerprint density at radius 3 is 2.57 bits per heavy atom. The molecule has 1 heterocycles. The summed E-state index contributed by atoms with van der Waals surface area (Å²) in [5.41, 5.74) is 3.42. The second-order valence-corrected chi connectivity index (χ2v) is 8.89. The van der Waals surface area contributed by atoms with Crippen molar-refractivity contribution in [3.8, 4) is 0 Å². The van der Waals surface area contributed by atoms with Crippen molar-refractivity contribution in [2.75, 3.05) is 17.2 Å². The van der Waals surface area contributed by atoms with Crippen LogP contribution in [0.2, 0.25) is 0 Å². The molecule has 0 radical (unpaired) electrons. The van der Waals surface area contributed by atoms with Gasteiger partial charge in [0.2, 0.25) is 11.0 Å². The smallest absolute Gasteiger partial charge is 0.351 e. The Balaban J connectivity index is 1.79. The van der Waals surface area contributed by atoms with Gasteiger partial charge in [-0.2, -0.15) is 13.2 Å². The molecule has 30 heavy (non-hydrogen) atoms. The van der Waals surface area contributed by atoms with Crippen LogP contribution >= 0.6 is 23.1 Å². The van der Waals surface area contributed by atoms with E-state index in [0.29, 0.717) is 10.0 Å². The van der Waals surface area contributed by atoms with Crippen molar-refractivity contribution in [1.29, 1.82) is 0 Å². The van der Waals surface area contributed by atoms with Gasteiger partial charge in [-0.1, -0.05) is 65.6 Å². The van der Waals surface area contributed by atoms with Gasteiger partial charge in [0, 0.05) is 5.69 Å². The Labute approximate surface area is 180 Å². The van der Waals surface area contributed by atoms with Gasteiger partial charge < -0.3 is 10.6 Å². The fourth-order valence-electron chi connectivity index (χ4n) is 2.58. The van der Waals surface area contributed by atoms with Gasteiger partial charge in [-0.05, 0) is 36.6 Å². The molecule has 158 valence electrons. The number of amides is 1. The summed E-state index contributed by atoms with van der Waals surface area (Å²) in [5, 5.41) is 12.2. The number of carbonyl (C=O) groups excluding carboxylic acids is 1. The summed E-state index contributed by atoms with van der Waals surface area (Å²) in [6.45, 7) is 2.65. The number of aromatic nitrogens is 2. The van der Waals surface area contributed by atoms with Crippen molar-refractivity contribution >= 4 is 39.8 Å². The van der Waals surface area contributed by atoms with Crippen LogP contribution in [-0.4, -0.2) is 28.8 Å². The number of hydrogen-bond donors (Lipinski definition) is 2. The third kappa shape index (κ3) is 6.20. The van der Waals surface area contributed by atoms with Crippen molar-refractivity contribution < 1.29 is 18.0 Å². The molecule has 0 aliphatic rings. The average molecular weight is 453 g/mol. The molecule has 0 aliphatic heterocycles. The van der Waals surface area contributed by atoms with Gasteiger partial charge in [-0.15, -0.1) is 10.2 Å². The highest BCUT2D eigenvalue weighted by molar-refractivity contribution is 8.02. The Morgan fingerprint density at radius 2 is 1.87 bits per heavy atom. The number of aryl methyl sites for hydroxylation is 2. The molecule has 3 rings (SSSR count). The van der Waals surface area contributed by atoms with E-state index in [2.05, 4.69) is 20.8 Å². The summed E-state index contributed by atoms with van der Waals surface area (Å²) < 4.78 is 37.6. The van der Waals surface area contributed by atoms with Gasteiger partial charge >= 0.3 is 6.18 Å². The van der Waals surface area contributed by atoms with Gasteiger partial charge in [0.25, 0.3) is 0 Å². The lowest BCUT2D eigenvalue weighted by molar-refractivity contribution is -0.116. The Morgan fingerprint density at radius 1 is 1.13 bits per heavy atom. The van der Waals surface area contributed by atoms with E-state index in [4.69, 9.17) is 0 Å². The topological polar surface area (TPSA) is 66.9 Å². The van der Waals surface area contributed by atoms with E-state index in [9.17, 15) is 18.0 Å². The quantitative estimate of drug-likeness (QED) is 0.457. The summed E-state index contributed by atoms with van der Waals surface area (Å²) in [6, 6.07) is 14.9.